The van der Waals surface area contributed by atoms with E-state index in [0.29, 0.717) is 17.0 Å². The van der Waals surface area contributed by atoms with Gasteiger partial charge in [-0.15, -0.1) is 0 Å². The van der Waals surface area contributed by atoms with E-state index in [4.69, 9.17) is 16.6 Å². The minimum Gasteiger partial charge on any atom is -0.351 e. The third kappa shape index (κ3) is 3.08. The summed E-state index contributed by atoms with van der Waals surface area (Å²) in [6.07, 6.45) is 7.80. The number of piperidine rings is 1. The van der Waals surface area contributed by atoms with Gasteiger partial charge in [0.25, 0.3) is 0 Å². The van der Waals surface area contributed by atoms with E-state index in [1.165, 1.54) is 0 Å². The van der Waals surface area contributed by atoms with Gasteiger partial charge in [-0.05, 0) is 45.1 Å². The van der Waals surface area contributed by atoms with Crippen molar-refractivity contribution in [1.29, 1.82) is 0 Å². The van der Waals surface area contributed by atoms with E-state index in [0.717, 1.165) is 53.7 Å². The highest BCUT2D eigenvalue weighted by atomic mass is 35.5. The quantitative estimate of drug-likeness (QED) is 0.568. The highest BCUT2D eigenvalue weighted by molar-refractivity contribution is 6.33. The van der Waals surface area contributed by atoms with Gasteiger partial charge < -0.3 is 10.2 Å². The van der Waals surface area contributed by atoms with Crippen molar-refractivity contribution >= 4 is 34.2 Å². The van der Waals surface area contributed by atoms with E-state index in [-0.39, 0.29) is 0 Å². The van der Waals surface area contributed by atoms with Crippen molar-refractivity contribution in [1.82, 2.24) is 24.3 Å². The van der Waals surface area contributed by atoms with Crippen LogP contribution in [0, 0.1) is 0 Å². The van der Waals surface area contributed by atoms with Gasteiger partial charge in [0.1, 0.15) is 5.65 Å². The molecule has 0 saturated carbocycles. The zero-order valence-electron chi connectivity index (χ0n) is 15.6. The molecule has 0 bridgehead atoms. The highest BCUT2D eigenvalue weighted by Crippen LogP contribution is 2.33. The second-order valence-electron chi connectivity index (χ2n) is 7.35. The van der Waals surface area contributed by atoms with Crippen molar-refractivity contribution in [3.05, 3.63) is 53.9 Å². The Kier molecular flexibility index (Phi) is 4.37. The summed E-state index contributed by atoms with van der Waals surface area (Å²) < 4.78 is 2.01. The van der Waals surface area contributed by atoms with E-state index in [1.807, 2.05) is 41.1 Å². The van der Waals surface area contributed by atoms with Gasteiger partial charge in [-0.1, -0.05) is 29.8 Å². The molecule has 1 saturated heterocycles. The van der Waals surface area contributed by atoms with Crippen LogP contribution in [0.5, 0.6) is 0 Å². The zero-order valence-corrected chi connectivity index (χ0v) is 16.4. The van der Waals surface area contributed by atoms with Gasteiger partial charge in [0.15, 0.2) is 5.65 Å². The van der Waals surface area contributed by atoms with Crippen molar-refractivity contribution in [2.45, 2.75) is 18.9 Å². The number of halogens is 1. The minimum absolute atomic E-state index is 0.411. The number of fused-ring (bicyclic) bond motifs is 3. The molecule has 0 spiro atoms. The molecule has 1 fully saturated rings. The van der Waals surface area contributed by atoms with Gasteiger partial charge in [-0.25, -0.2) is 9.97 Å². The number of hydrogen-bond acceptors (Lipinski definition) is 5. The molecule has 0 radical (unpaired) electrons. The molecule has 3 aromatic heterocycles. The molecule has 142 valence electrons. The van der Waals surface area contributed by atoms with Gasteiger partial charge in [-0.2, -0.15) is 4.98 Å². The van der Waals surface area contributed by atoms with Crippen LogP contribution < -0.4 is 5.32 Å². The van der Waals surface area contributed by atoms with E-state index < -0.39 is 0 Å². The molecule has 28 heavy (non-hydrogen) atoms. The van der Waals surface area contributed by atoms with Crippen molar-refractivity contribution in [2.75, 3.05) is 25.5 Å². The fourth-order valence-electron chi connectivity index (χ4n) is 3.85. The van der Waals surface area contributed by atoms with Crippen LogP contribution in [0.25, 0.3) is 27.8 Å². The summed E-state index contributed by atoms with van der Waals surface area (Å²) in [5.74, 6) is 0.669. The van der Waals surface area contributed by atoms with Crippen LogP contribution >= 0.6 is 11.6 Å². The summed E-state index contributed by atoms with van der Waals surface area (Å²) in [4.78, 5) is 16.3. The van der Waals surface area contributed by atoms with Gasteiger partial charge in [-0.3, -0.25) is 4.40 Å². The molecule has 1 aromatic carbocycles. The third-order valence-corrected chi connectivity index (χ3v) is 5.75. The molecule has 5 rings (SSSR count). The smallest absolute Gasteiger partial charge is 0.224 e. The van der Waals surface area contributed by atoms with E-state index in [2.05, 4.69) is 33.3 Å². The molecule has 4 heterocycles. The number of nitrogens with one attached hydrogen (secondary N) is 1. The largest absolute Gasteiger partial charge is 0.351 e. The van der Waals surface area contributed by atoms with Crippen molar-refractivity contribution in [2.24, 2.45) is 0 Å². The number of rotatable bonds is 3. The summed E-state index contributed by atoms with van der Waals surface area (Å²) in [5.41, 5.74) is 3.61. The fourth-order valence-corrected chi connectivity index (χ4v) is 4.09. The number of nitrogens with zero attached hydrogens (tertiary/aromatic N) is 5. The average Bonchev–Trinajstić information content (AvgIpc) is 3.20. The Balaban J connectivity index is 1.58. The maximum Gasteiger partial charge on any atom is 0.224 e. The Bertz CT molecular complexity index is 1150. The number of aromatic nitrogens is 4. The Morgan fingerprint density at radius 2 is 1.89 bits per heavy atom. The van der Waals surface area contributed by atoms with Crippen molar-refractivity contribution in [3.63, 3.8) is 0 Å². The number of benzene rings is 1. The van der Waals surface area contributed by atoms with Crippen LogP contribution in [0.1, 0.15) is 12.8 Å². The summed E-state index contributed by atoms with van der Waals surface area (Å²) in [6.45, 7) is 2.19. The number of hydrogen-bond donors (Lipinski definition) is 1. The fraction of sp³-hybridized carbons (Fsp3) is 0.286. The summed E-state index contributed by atoms with van der Waals surface area (Å²) in [6, 6.07) is 10.3. The zero-order chi connectivity index (χ0) is 19.1. The van der Waals surface area contributed by atoms with E-state index in [1.54, 1.807) is 6.20 Å². The summed E-state index contributed by atoms with van der Waals surface area (Å²) in [7, 11) is 2.16. The second-order valence-corrected chi connectivity index (χ2v) is 7.76. The molecule has 7 heteroatoms. The molecular formula is C21H21ClN6. The maximum atomic E-state index is 6.44. The summed E-state index contributed by atoms with van der Waals surface area (Å²) >= 11 is 6.44. The molecule has 1 aliphatic rings. The van der Waals surface area contributed by atoms with Gasteiger partial charge in [0.2, 0.25) is 5.95 Å². The van der Waals surface area contributed by atoms with Crippen molar-refractivity contribution < 1.29 is 0 Å². The third-order valence-electron chi connectivity index (χ3n) is 5.42. The Morgan fingerprint density at radius 3 is 2.71 bits per heavy atom. The molecule has 0 atom stereocenters. The van der Waals surface area contributed by atoms with Crippen LogP contribution in [0.3, 0.4) is 0 Å². The molecule has 0 amide bonds. The first kappa shape index (κ1) is 17.4. The Hall–Kier alpha value is -2.70. The monoisotopic (exact) mass is 392 g/mol. The molecule has 4 aromatic rings. The minimum atomic E-state index is 0.411. The lowest BCUT2D eigenvalue weighted by molar-refractivity contribution is 0.263. The van der Waals surface area contributed by atoms with Crippen molar-refractivity contribution in [3.8, 4) is 11.1 Å². The Morgan fingerprint density at radius 1 is 1.07 bits per heavy atom. The molecular weight excluding hydrogens is 372 g/mol. The lowest BCUT2D eigenvalue weighted by Gasteiger charge is -2.29. The molecule has 1 aliphatic heterocycles. The van der Waals surface area contributed by atoms with Gasteiger partial charge >= 0.3 is 0 Å². The standard InChI is InChI=1S/C21H21ClN6/c1-27-9-6-15(7-10-27)25-21-24-13-14-12-17(16-4-2-3-5-18(16)22)20-23-8-11-28(20)19(14)26-21/h2-5,8,11-13,15H,6-7,9-10H2,1H3,(H,24,25,26). The Labute approximate surface area is 168 Å². The first-order chi connectivity index (χ1) is 13.7. The van der Waals surface area contributed by atoms with Crippen LogP contribution in [-0.2, 0) is 0 Å². The number of anilines is 1. The first-order valence-electron chi connectivity index (χ1n) is 9.52. The van der Waals surface area contributed by atoms with Crippen LogP contribution in [0.15, 0.2) is 48.9 Å². The normalized spacial score (nSPS) is 16.1. The topological polar surface area (TPSA) is 58.3 Å². The molecule has 6 nitrogen and oxygen atoms in total. The molecule has 0 unspecified atom stereocenters. The predicted octanol–water partition coefficient (Wildman–Crippen LogP) is 4.10. The second kappa shape index (κ2) is 7.04. The van der Waals surface area contributed by atoms with Gasteiger partial charge in [0.05, 0.1) is 0 Å². The average molecular weight is 393 g/mol. The first-order valence-corrected chi connectivity index (χ1v) is 9.89. The van der Waals surface area contributed by atoms with Crippen LogP contribution in [0.4, 0.5) is 5.95 Å². The molecule has 1 N–H and O–H groups in total. The van der Waals surface area contributed by atoms with Gasteiger partial charge in [0, 0.05) is 46.2 Å². The maximum absolute atomic E-state index is 6.44. The van der Waals surface area contributed by atoms with E-state index in [9.17, 15) is 0 Å². The van der Waals surface area contributed by atoms with E-state index >= 15 is 0 Å². The van der Waals surface area contributed by atoms with Crippen LogP contribution in [0.2, 0.25) is 5.02 Å². The van der Waals surface area contributed by atoms with Crippen LogP contribution in [-0.4, -0.2) is 50.4 Å². The highest BCUT2D eigenvalue weighted by Gasteiger charge is 2.18. The number of pyridine rings is 1. The number of imidazole rings is 1. The SMILES string of the molecule is CN1CCC(Nc2ncc3cc(-c4ccccc4Cl)c4nccn4c3n2)CC1. The predicted molar refractivity (Wildman–Crippen MR) is 113 cm³/mol. The summed E-state index contributed by atoms with van der Waals surface area (Å²) in [5, 5.41) is 5.16. The lowest BCUT2D eigenvalue weighted by Crippen LogP contribution is -2.37. The number of likely N-dealkylation sites (tertiary alicyclic amines) is 1. The molecule has 0 aliphatic carbocycles. The lowest BCUT2D eigenvalue weighted by atomic mass is 10.1.